The summed E-state index contributed by atoms with van der Waals surface area (Å²) in [6.45, 7) is 3.34. The van der Waals surface area contributed by atoms with Gasteiger partial charge in [-0.05, 0) is 50.4 Å². The minimum absolute atomic E-state index is 1.08. The SMILES string of the molecule is CCCCCCn1c2ccccc2c2ccc(Br)c(Br)c21. The number of halogens is 2. The maximum Gasteiger partial charge on any atom is 0.0647 e. The van der Waals surface area contributed by atoms with Crippen LogP contribution in [0.1, 0.15) is 32.6 Å². The van der Waals surface area contributed by atoms with E-state index in [1.165, 1.54) is 47.5 Å². The molecule has 0 aliphatic carbocycles. The van der Waals surface area contributed by atoms with Gasteiger partial charge in [0.15, 0.2) is 0 Å². The number of fused-ring (bicyclic) bond motifs is 3. The number of para-hydroxylation sites is 1. The third kappa shape index (κ3) is 2.78. The number of nitrogens with zero attached hydrogens (tertiary/aromatic N) is 1. The van der Waals surface area contributed by atoms with Gasteiger partial charge in [0.05, 0.1) is 9.99 Å². The minimum Gasteiger partial charge on any atom is -0.340 e. The summed E-state index contributed by atoms with van der Waals surface area (Å²) >= 11 is 7.41. The van der Waals surface area contributed by atoms with Gasteiger partial charge in [-0.1, -0.05) is 50.5 Å². The first-order valence-corrected chi connectivity index (χ1v) is 9.17. The van der Waals surface area contributed by atoms with Crippen molar-refractivity contribution in [1.29, 1.82) is 0 Å². The maximum absolute atomic E-state index is 3.76. The lowest BCUT2D eigenvalue weighted by Crippen LogP contribution is -1.98. The summed E-state index contributed by atoms with van der Waals surface area (Å²) in [5.41, 5.74) is 2.64. The Hall–Kier alpha value is -0.800. The van der Waals surface area contributed by atoms with Gasteiger partial charge in [-0.25, -0.2) is 0 Å². The van der Waals surface area contributed by atoms with Crippen LogP contribution in [-0.2, 0) is 6.54 Å². The highest BCUT2D eigenvalue weighted by molar-refractivity contribution is 9.13. The molecule has 0 bridgehead atoms. The Bertz CT molecular complexity index is 774. The Morgan fingerprint density at radius 1 is 0.905 bits per heavy atom. The Morgan fingerprint density at radius 2 is 1.71 bits per heavy atom. The molecule has 0 fully saturated rings. The van der Waals surface area contributed by atoms with Gasteiger partial charge in [0.25, 0.3) is 0 Å². The molecule has 3 rings (SSSR count). The average Bonchev–Trinajstić information content (AvgIpc) is 2.82. The van der Waals surface area contributed by atoms with E-state index < -0.39 is 0 Å². The first-order chi connectivity index (χ1) is 10.2. The Morgan fingerprint density at radius 3 is 2.52 bits per heavy atom. The first-order valence-electron chi connectivity index (χ1n) is 7.59. The van der Waals surface area contributed by atoms with Gasteiger partial charge in [0.2, 0.25) is 0 Å². The number of aromatic nitrogens is 1. The largest absolute Gasteiger partial charge is 0.340 e. The average molecular weight is 409 g/mol. The summed E-state index contributed by atoms with van der Waals surface area (Å²) in [6, 6.07) is 13.1. The number of aryl methyl sites for hydroxylation is 1. The fourth-order valence-electron chi connectivity index (χ4n) is 3.01. The van der Waals surface area contributed by atoms with Crippen LogP contribution in [0.25, 0.3) is 21.8 Å². The van der Waals surface area contributed by atoms with Gasteiger partial charge in [0, 0.05) is 27.3 Å². The second-order valence-electron chi connectivity index (χ2n) is 5.49. The molecule has 0 saturated heterocycles. The predicted octanol–water partition coefficient (Wildman–Crippen LogP) is 6.90. The molecular formula is C18H19Br2N. The molecule has 0 unspecified atom stereocenters. The zero-order valence-corrected chi connectivity index (χ0v) is 15.4. The van der Waals surface area contributed by atoms with E-state index >= 15 is 0 Å². The van der Waals surface area contributed by atoms with Crippen molar-refractivity contribution < 1.29 is 0 Å². The van der Waals surface area contributed by atoms with E-state index in [4.69, 9.17) is 0 Å². The van der Waals surface area contributed by atoms with Crippen LogP contribution in [0.15, 0.2) is 45.3 Å². The minimum atomic E-state index is 1.08. The topological polar surface area (TPSA) is 4.93 Å². The highest BCUT2D eigenvalue weighted by atomic mass is 79.9. The van der Waals surface area contributed by atoms with E-state index in [1.54, 1.807) is 0 Å². The quantitative estimate of drug-likeness (QED) is 0.404. The summed E-state index contributed by atoms with van der Waals surface area (Å²) in [6.07, 6.45) is 5.14. The third-order valence-electron chi connectivity index (χ3n) is 4.06. The lowest BCUT2D eigenvalue weighted by atomic mass is 10.2. The molecule has 110 valence electrons. The summed E-state index contributed by atoms with van der Waals surface area (Å²) in [4.78, 5) is 0. The van der Waals surface area contributed by atoms with Crippen molar-refractivity contribution in [3.63, 3.8) is 0 Å². The van der Waals surface area contributed by atoms with Crippen LogP contribution < -0.4 is 0 Å². The standard InChI is InChI=1S/C18H19Br2N/c1-2-3-4-7-12-21-16-9-6-5-8-13(16)14-10-11-15(19)17(20)18(14)21/h5-6,8-11H,2-4,7,12H2,1H3. The molecular weight excluding hydrogens is 390 g/mol. The third-order valence-corrected chi connectivity index (χ3v) is 6.05. The van der Waals surface area contributed by atoms with Gasteiger partial charge in [-0.3, -0.25) is 0 Å². The van der Waals surface area contributed by atoms with E-state index in [0.717, 1.165) is 15.5 Å². The predicted molar refractivity (Wildman–Crippen MR) is 99.0 cm³/mol. The Balaban J connectivity index is 2.15. The number of unbranched alkanes of at least 4 members (excludes halogenated alkanes) is 3. The zero-order chi connectivity index (χ0) is 14.8. The van der Waals surface area contributed by atoms with E-state index in [2.05, 4.69) is 79.7 Å². The lowest BCUT2D eigenvalue weighted by molar-refractivity contribution is 0.602. The number of hydrogen-bond donors (Lipinski definition) is 0. The summed E-state index contributed by atoms with van der Waals surface area (Å²) in [7, 11) is 0. The molecule has 0 aliphatic heterocycles. The van der Waals surface area contributed by atoms with Crippen molar-refractivity contribution in [1.82, 2.24) is 4.57 Å². The molecule has 1 heterocycles. The molecule has 0 N–H and O–H groups in total. The molecule has 0 atom stereocenters. The van der Waals surface area contributed by atoms with Gasteiger partial charge in [0.1, 0.15) is 0 Å². The molecule has 1 aromatic heterocycles. The smallest absolute Gasteiger partial charge is 0.0647 e. The molecule has 0 amide bonds. The molecule has 3 aromatic rings. The van der Waals surface area contributed by atoms with Gasteiger partial charge in [-0.2, -0.15) is 0 Å². The number of rotatable bonds is 5. The van der Waals surface area contributed by atoms with Crippen LogP contribution in [0.5, 0.6) is 0 Å². The van der Waals surface area contributed by atoms with Crippen LogP contribution in [0.3, 0.4) is 0 Å². The van der Waals surface area contributed by atoms with E-state index in [9.17, 15) is 0 Å². The first kappa shape index (κ1) is 15.1. The lowest BCUT2D eigenvalue weighted by Gasteiger charge is -2.09. The molecule has 0 radical (unpaired) electrons. The van der Waals surface area contributed by atoms with Crippen LogP contribution in [-0.4, -0.2) is 4.57 Å². The van der Waals surface area contributed by atoms with Crippen molar-refractivity contribution in [3.05, 3.63) is 45.3 Å². The van der Waals surface area contributed by atoms with E-state index in [-0.39, 0.29) is 0 Å². The van der Waals surface area contributed by atoms with Crippen molar-refractivity contribution in [2.45, 2.75) is 39.2 Å². The normalized spacial score (nSPS) is 11.6. The highest BCUT2D eigenvalue weighted by Crippen LogP contribution is 2.37. The summed E-state index contributed by atoms with van der Waals surface area (Å²) in [5, 5.41) is 2.67. The highest BCUT2D eigenvalue weighted by Gasteiger charge is 2.14. The van der Waals surface area contributed by atoms with Crippen LogP contribution in [0.2, 0.25) is 0 Å². The van der Waals surface area contributed by atoms with Gasteiger partial charge in [-0.15, -0.1) is 0 Å². The fraction of sp³-hybridized carbons (Fsp3) is 0.333. The molecule has 0 spiro atoms. The summed E-state index contributed by atoms with van der Waals surface area (Å²) in [5.74, 6) is 0. The van der Waals surface area contributed by atoms with Gasteiger partial charge < -0.3 is 4.57 Å². The monoisotopic (exact) mass is 407 g/mol. The van der Waals surface area contributed by atoms with Crippen molar-refractivity contribution >= 4 is 53.7 Å². The van der Waals surface area contributed by atoms with Crippen LogP contribution in [0.4, 0.5) is 0 Å². The second-order valence-corrected chi connectivity index (χ2v) is 7.13. The van der Waals surface area contributed by atoms with Crippen molar-refractivity contribution in [3.8, 4) is 0 Å². The Labute approximate surface area is 142 Å². The Kier molecular flexibility index (Phi) is 4.70. The number of benzene rings is 2. The van der Waals surface area contributed by atoms with Gasteiger partial charge >= 0.3 is 0 Å². The van der Waals surface area contributed by atoms with E-state index in [0.29, 0.717) is 0 Å². The summed E-state index contributed by atoms with van der Waals surface area (Å²) < 4.78 is 4.74. The molecule has 21 heavy (non-hydrogen) atoms. The number of hydrogen-bond acceptors (Lipinski definition) is 0. The molecule has 0 saturated carbocycles. The van der Waals surface area contributed by atoms with Crippen molar-refractivity contribution in [2.75, 3.05) is 0 Å². The molecule has 2 aromatic carbocycles. The molecule has 0 aliphatic rings. The zero-order valence-electron chi connectivity index (χ0n) is 12.2. The maximum atomic E-state index is 3.76. The van der Waals surface area contributed by atoms with Crippen LogP contribution >= 0.6 is 31.9 Å². The molecule has 1 nitrogen and oxygen atoms in total. The second kappa shape index (κ2) is 6.53. The van der Waals surface area contributed by atoms with Crippen molar-refractivity contribution in [2.24, 2.45) is 0 Å². The fourth-order valence-corrected chi connectivity index (χ4v) is 3.89. The molecule has 3 heteroatoms. The van der Waals surface area contributed by atoms with E-state index in [1.807, 2.05) is 0 Å². The van der Waals surface area contributed by atoms with Crippen LogP contribution in [0, 0.1) is 0 Å².